The van der Waals surface area contributed by atoms with Crippen molar-refractivity contribution in [2.75, 3.05) is 46.6 Å². The number of amides is 2. The highest BCUT2D eigenvalue weighted by molar-refractivity contribution is 6.02. The maximum Gasteiger partial charge on any atom is 0.328 e. The van der Waals surface area contributed by atoms with Crippen molar-refractivity contribution in [3.05, 3.63) is 49.1 Å². The number of carbonyl (C=O) groups excluding carboxylic acids is 1. The molecule has 0 bridgehead atoms. The van der Waals surface area contributed by atoms with Gasteiger partial charge in [0.1, 0.15) is 5.82 Å². The molecule has 0 aromatic carbocycles. The number of hydrogen-bond acceptors (Lipinski definition) is 7. The summed E-state index contributed by atoms with van der Waals surface area (Å²) in [6.45, 7) is 3.40. The number of aromatic nitrogens is 4. The number of rotatable bonds is 3. The Balaban J connectivity index is 1.46. The third-order valence-corrected chi connectivity index (χ3v) is 5.52. The van der Waals surface area contributed by atoms with Crippen LogP contribution in [-0.2, 0) is 0 Å². The van der Waals surface area contributed by atoms with Crippen LogP contribution in [-0.4, -0.2) is 52.1 Å². The topological polar surface area (TPSA) is 99.2 Å². The number of hydrogen-bond donors (Lipinski definition) is 2. The summed E-state index contributed by atoms with van der Waals surface area (Å²) in [5.74, 6) is 1.99. The summed E-state index contributed by atoms with van der Waals surface area (Å²) in [6, 6.07) is 7.74. The van der Waals surface area contributed by atoms with E-state index in [0.29, 0.717) is 18.2 Å². The van der Waals surface area contributed by atoms with Crippen LogP contribution >= 0.6 is 0 Å². The van der Waals surface area contributed by atoms with Gasteiger partial charge >= 0.3 is 6.03 Å². The van der Waals surface area contributed by atoms with Crippen LogP contribution in [0.15, 0.2) is 49.1 Å². The number of anilines is 4. The molecule has 3 aromatic rings. The number of nitrogens with zero attached hydrogens (tertiary/aromatic N) is 6. The van der Waals surface area contributed by atoms with Crippen LogP contribution in [0.25, 0.3) is 11.3 Å². The summed E-state index contributed by atoms with van der Waals surface area (Å²) in [6.07, 6.45) is 9.68. The molecule has 0 atom stereocenters. The number of carbonyl (C=O) groups is 1. The molecule has 2 N–H and O–H groups in total. The van der Waals surface area contributed by atoms with E-state index >= 15 is 0 Å². The maximum atomic E-state index is 13.0. The molecule has 3 aromatic heterocycles. The quantitative estimate of drug-likeness (QED) is 0.675. The van der Waals surface area contributed by atoms with E-state index in [4.69, 9.17) is 4.98 Å². The van der Waals surface area contributed by atoms with Gasteiger partial charge in [-0.15, -0.1) is 0 Å². The fraction of sp³-hybridized carbons (Fsp3) is 0.318. The lowest BCUT2D eigenvalue weighted by Gasteiger charge is -2.22. The van der Waals surface area contributed by atoms with Gasteiger partial charge in [-0.05, 0) is 43.5 Å². The molecule has 5 rings (SSSR count). The average Bonchev–Trinajstić information content (AvgIpc) is 3.27. The SMILES string of the molecule is O=C(Nc1cnccn1)N1CCCNc2ccc(-c3ccnc(N4CCCC4)c3)nc21. The zero-order valence-electron chi connectivity index (χ0n) is 17.2. The molecule has 0 spiro atoms. The van der Waals surface area contributed by atoms with Crippen molar-refractivity contribution in [2.24, 2.45) is 0 Å². The molecule has 2 amide bonds. The summed E-state index contributed by atoms with van der Waals surface area (Å²) in [4.78, 5) is 34.5. The first kappa shape index (κ1) is 19.2. The molecule has 1 saturated heterocycles. The van der Waals surface area contributed by atoms with Crippen molar-refractivity contribution >= 4 is 29.2 Å². The first-order valence-corrected chi connectivity index (χ1v) is 10.6. The Bertz CT molecular complexity index is 1070. The highest BCUT2D eigenvalue weighted by Crippen LogP contribution is 2.31. The van der Waals surface area contributed by atoms with Crippen molar-refractivity contribution in [3.63, 3.8) is 0 Å². The van der Waals surface area contributed by atoms with E-state index < -0.39 is 0 Å². The predicted molar refractivity (Wildman–Crippen MR) is 120 cm³/mol. The molecule has 9 nitrogen and oxygen atoms in total. The smallest absolute Gasteiger partial charge is 0.328 e. The van der Waals surface area contributed by atoms with E-state index in [9.17, 15) is 4.79 Å². The number of fused-ring (bicyclic) bond motifs is 1. The molecule has 0 unspecified atom stereocenters. The van der Waals surface area contributed by atoms with E-state index in [1.807, 2.05) is 24.4 Å². The van der Waals surface area contributed by atoms with Crippen LogP contribution in [0.1, 0.15) is 19.3 Å². The fourth-order valence-corrected chi connectivity index (χ4v) is 3.95. The Kier molecular flexibility index (Phi) is 5.30. The molecule has 2 aliphatic rings. The predicted octanol–water partition coefficient (Wildman–Crippen LogP) is 3.39. The van der Waals surface area contributed by atoms with Crippen molar-refractivity contribution in [1.82, 2.24) is 19.9 Å². The second-order valence-electron chi connectivity index (χ2n) is 7.62. The molecule has 0 aliphatic carbocycles. The van der Waals surface area contributed by atoms with Crippen molar-refractivity contribution in [2.45, 2.75) is 19.3 Å². The van der Waals surface area contributed by atoms with E-state index in [1.54, 1.807) is 17.3 Å². The lowest BCUT2D eigenvalue weighted by atomic mass is 10.1. The number of pyridine rings is 2. The van der Waals surface area contributed by atoms with Crippen molar-refractivity contribution in [1.29, 1.82) is 0 Å². The summed E-state index contributed by atoms with van der Waals surface area (Å²) in [7, 11) is 0. The second-order valence-corrected chi connectivity index (χ2v) is 7.62. The fourth-order valence-electron chi connectivity index (χ4n) is 3.95. The van der Waals surface area contributed by atoms with E-state index in [0.717, 1.165) is 48.8 Å². The van der Waals surface area contributed by atoms with E-state index in [2.05, 4.69) is 36.6 Å². The van der Waals surface area contributed by atoms with Gasteiger partial charge in [0, 0.05) is 50.3 Å². The summed E-state index contributed by atoms with van der Waals surface area (Å²) in [5.41, 5.74) is 2.63. The van der Waals surface area contributed by atoms with Gasteiger partial charge in [-0.3, -0.25) is 15.2 Å². The highest BCUT2D eigenvalue weighted by Gasteiger charge is 2.24. The van der Waals surface area contributed by atoms with Gasteiger partial charge in [0.15, 0.2) is 11.6 Å². The van der Waals surface area contributed by atoms with Crippen LogP contribution in [0, 0.1) is 0 Å². The van der Waals surface area contributed by atoms with Crippen LogP contribution in [0.3, 0.4) is 0 Å². The third-order valence-electron chi connectivity index (χ3n) is 5.52. The Morgan fingerprint density at radius 3 is 2.74 bits per heavy atom. The minimum atomic E-state index is -0.275. The van der Waals surface area contributed by atoms with Crippen LogP contribution in [0.5, 0.6) is 0 Å². The zero-order valence-corrected chi connectivity index (χ0v) is 17.2. The van der Waals surface area contributed by atoms with Crippen LogP contribution < -0.4 is 20.4 Å². The Labute approximate surface area is 180 Å². The zero-order chi connectivity index (χ0) is 21.0. The Morgan fingerprint density at radius 2 is 1.90 bits per heavy atom. The largest absolute Gasteiger partial charge is 0.382 e. The van der Waals surface area contributed by atoms with Crippen LogP contribution in [0.4, 0.5) is 27.9 Å². The first-order chi connectivity index (χ1) is 15.3. The molecule has 158 valence electrons. The number of urea groups is 1. The van der Waals surface area contributed by atoms with Gasteiger partial charge in [0.05, 0.1) is 17.6 Å². The Morgan fingerprint density at radius 1 is 1.00 bits per heavy atom. The molecular weight excluding hydrogens is 392 g/mol. The summed E-state index contributed by atoms with van der Waals surface area (Å²) in [5, 5.41) is 6.19. The van der Waals surface area contributed by atoms with E-state index in [1.165, 1.54) is 19.0 Å². The number of nitrogens with one attached hydrogen (secondary N) is 2. The molecule has 0 saturated carbocycles. The summed E-state index contributed by atoms with van der Waals surface area (Å²) < 4.78 is 0. The minimum absolute atomic E-state index is 0.275. The lowest BCUT2D eigenvalue weighted by Crippen LogP contribution is -2.36. The summed E-state index contributed by atoms with van der Waals surface area (Å²) >= 11 is 0. The normalized spacial score (nSPS) is 15.7. The van der Waals surface area contributed by atoms with Crippen molar-refractivity contribution in [3.8, 4) is 11.3 Å². The standard InChI is InChI=1S/C22H24N8O/c31-22(28-19-15-23-9-10-25-19)30-13-3-7-24-18-5-4-17(27-21(18)30)16-6-8-26-20(14-16)29-11-1-2-12-29/h4-6,8-10,14-15,24H,1-3,7,11-13H2,(H,25,28,31). The maximum absolute atomic E-state index is 13.0. The molecule has 0 radical (unpaired) electrons. The molecule has 31 heavy (non-hydrogen) atoms. The monoisotopic (exact) mass is 416 g/mol. The van der Waals surface area contributed by atoms with Crippen LogP contribution in [0.2, 0.25) is 0 Å². The lowest BCUT2D eigenvalue weighted by molar-refractivity contribution is 0.256. The molecule has 9 heteroatoms. The van der Waals surface area contributed by atoms with Crippen molar-refractivity contribution < 1.29 is 4.79 Å². The second kappa shape index (κ2) is 8.55. The average molecular weight is 416 g/mol. The minimum Gasteiger partial charge on any atom is -0.382 e. The van der Waals surface area contributed by atoms with Gasteiger partial charge in [0.25, 0.3) is 0 Å². The Hall–Kier alpha value is -3.75. The highest BCUT2D eigenvalue weighted by atomic mass is 16.2. The third kappa shape index (κ3) is 4.11. The van der Waals surface area contributed by atoms with Gasteiger partial charge in [0.2, 0.25) is 0 Å². The van der Waals surface area contributed by atoms with Gasteiger partial charge in [-0.25, -0.2) is 19.7 Å². The van der Waals surface area contributed by atoms with E-state index in [-0.39, 0.29) is 6.03 Å². The molecule has 5 heterocycles. The van der Waals surface area contributed by atoms with Gasteiger partial charge in [-0.2, -0.15) is 0 Å². The van der Waals surface area contributed by atoms with Gasteiger partial charge < -0.3 is 10.2 Å². The molecule has 2 aliphatic heterocycles. The molecular formula is C22H24N8O. The van der Waals surface area contributed by atoms with Gasteiger partial charge in [-0.1, -0.05) is 0 Å². The molecule has 1 fully saturated rings. The first-order valence-electron chi connectivity index (χ1n) is 10.6.